The van der Waals surface area contributed by atoms with Gasteiger partial charge in [0.25, 0.3) is 0 Å². The molecule has 0 rings (SSSR count). The molecule has 0 aliphatic heterocycles. The summed E-state index contributed by atoms with van der Waals surface area (Å²) >= 11 is 0. The monoisotopic (exact) mass is 1600 g/mol. The molecule has 0 aromatic heterocycles. The predicted octanol–water partition coefficient (Wildman–Crippen LogP) is 3.45. The Bertz CT molecular complexity index is 1270. The molecule has 78 heavy (non-hydrogen) atoms. The number of aliphatic hydroxyl groups is 12. The molecule has 0 amide bonds. The third-order valence-electron chi connectivity index (χ3n) is 5.36. The van der Waals surface area contributed by atoms with Crippen molar-refractivity contribution in [2.24, 2.45) is 0 Å². The van der Waals surface area contributed by atoms with Gasteiger partial charge in [-0.15, -0.1) is 0 Å². The molecule has 6 radical (unpaired) electrons. The normalized spacial score (nSPS) is 8.53. The molecule has 0 saturated heterocycles. The molecule has 0 fully saturated rings. The first-order chi connectivity index (χ1) is 29.8. The van der Waals surface area contributed by atoms with Gasteiger partial charge in [-0.05, 0) is 48.0 Å². The van der Waals surface area contributed by atoms with Crippen LogP contribution in [0, 0.1) is 0 Å². The van der Waals surface area contributed by atoms with Gasteiger partial charge < -0.3 is 89.7 Å². The molecule has 0 bridgehead atoms. The topological polar surface area (TPSA) is 383 Å². The zero-order valence-corrected chi connectivity index (χ0v) is 58.9. The van der Waals surface area contributed by atoms with E-state index in [1.54, 1.807) is 13.8 Å². The summed E-state index contributed by atoms with van der Waals surface area (Å²) in [7, 11) is 1.00. The van der Waals surface area contributed by atoms with Crippen LogP contribution >= 0.6 is 0 Å². The maximum absolute atomic E-state index is 11.1. The Hall–Kier alpha value is 1.89. The van der Waals surface area contributed by atoms with Gasteiger partial charge in [0.2, 0.25) is 0 Å². The van der Waals surface area contributed by atoms with Gasteiger partial charge in [-0.2, -0.15) is 0 Å². The molecule has 0 spiro atoms. The van der Waals surface area contributed by atoms with Gasteiger partial charge in [0.05, 0.1) is 46.2 Å². The molecule has 0 aromatic rings. The fraction of sp³-hybridized carbons (Fsp3) is 0.653. The minimum atomic E-state index is -0.882. The average molecular weight is 1600 g/mol. The molecular formula is C49H108O23Y6. The van der Waals surface area contributed by atoms with E-state index in [2.05, 4.69) is 44.2 Å². The maximum atomic E-state index is 11.1. The first-order valence-corrected chi connectivity index (χ1v) is 18.5. The number of carbonyl (C=O) groups excluding carboxylic acids is 5. The minimum absolute atomic E-state index is 0. The number of carbonyl (C=O) groups is 5. The summed E-state index contributed by atoms with van der Waals surface area (Å²) in [6, 6.07) is 0. The van der Waals surface area contributed by atoms with Crippen LogP contribution in [-0.4, -0.2) is 196 Å². The van der Waals surface area contributed by atoms with Crippen molar-refractivity contribution in [1.82, 2.24) is 0 Å². The van der Waals surface area contributed by atoms with Crippen LogP contribution in [0.4, 0.5) is 0 Å². The smallest absolute Gasteiger partial charge is 0.333 e. The van der Waals surface area contributed by atoms with E-state index in [4.69, 9.17) is 85.0 Å². The van der Waals surface area contributed by atoms with Crippen LogP contribution in [0.15, 0.2) is 72.9 Å². The predicted molar refractivity (Wildman–Crippen MR) is 286 cm³/mol. The Kier molecular flexibility index (Phi) is 216. The molecule has 0 aliphatic rings. The fourth-order valence-electron chi connectivity index (χ4n) is 2.29. The number of rotatable bonds is 21. The van der Waals surface area contributed by atoms with E-state index in [-0.39, 0.29) is 318 Å². The van der Waals surface area contributed by atoms with Crippen molar-refractivity contribution >= 4 is 29.8 Å². The van der Waals surface area contributed by atoms with Crippen molar-refractivity contribution in [2.75, 3.05) is 80.3 Å². The number of hydrogen-bond donors (Lipinski definition) is 12. The van der Waals surface area contributed by atoms with Crippen molar-refractivity contribution in [3.8, 4) is 0 Å². The maximum Gasteiger partial charge on any atom is 0.333 e. The van der Waals surface area contributed by atoms with E-state index in [0.717, 1.165) is 12.7 Å². The fourth-order valence-corrected chi connectivity index (χ4v) is 2.29. The molecular weight excluding hydrogens is 1490 g/mol. The Morgan fingerprint density at radius 3 is 0.731 bits per heavy atom. The van der Waals surface area contributed by atoms with E-state index < -0.39 is 75.1 Å². The van der Waals surface area contributed by atoms with Gasteiger partial charge in [0.15, 0.2) is 6.10 Å². The Balaban J connectivity index is -0.0000000240. The summed E-state index contributed by atoms with van der Waals surface area (Å²) in [6.07, 6.45) is -2.13. The molecule has 0 aromatic carbocycles. The van der Waals surface area contributed by atoms with Crippen LogP contribution < -0.4 is 0 Å². The van der Waals surface area contributed by atoms with Crippen LogP contribution in [0.25, 0.3) is 0 Å². The van der Waals surface area contributed by atoms with Gasteiger partial charge in [-0.3, -0.25) is 0 Å². The van der Waals surface area contributed by atoms with E-state index in [9.17, 15) is 24.0 Å². The van der Waals surface area contributed by atoms with Gasteiger partial charge in [0.1, 0.15) is 45.3 Å². The second-order valence-corrected chi connectivity index (χ2v) is 11.8. The summed E-state index contributed by atoms with van der Waals surface area (Å²) in [4.78, 5) is 54.8. The van der Waals surface area contributed by atoms with Crippen molar-refractivity contribution in [1.29, 1.82) is 0 Å². The van der Waals surface area contributed by atoms with E-state index in [1.807, 2.05) is 13.8 Å². The van der Waals surface area contributed by atoms with Crippen molar-refractivity contribution < 1.29 is 310 Å². The SMILES string of the molecule is C.C.C.C.C.C.C.C.C=C(C)C(=O)OC(CC)CO.C=C(C)C(=O)OC(CO)CO.C=C(C)C(=O)OCC(CO)OC(=O)C(=C)C.C=C(C)COCC(CO)OC(=O)C(=C)C.CO.OCO.OCO.OCO.[Y].[Y].[Y].[Y].[Y].[Y]. The van der Waals surface area contributed by atoms with Crippen molar-refractivity contribution in [3.63, 3.8) is 0 Å². The third kappa shape index (κ3) is 124. The Labute approximate surface area is 623 Å². The van der Waals surface area contributed by atoms with Gasteiger partial charge in [0, 0.05) is 231 Å². The van der Waals surface area contributed by atoms with Gasteiger partial charge in [-0.25, -0.2) is 24.0 Å². The number of ether oxygens (including phenoxy) is 6. The second kappa shape index (κ2) is 114. The first kappa shape index (κ1) is 148. The van der Waals surface area contributed by atoms with E-state index in [0.29, 0.717) is 24.2 Å². The van der Waals surface area contributed by atoms with Crippen LogP contribution in [0.5, 0.6) is 0 Å². The molecule has 23 nitrogen and oxygen atoms in total. The molecule has 0 heterocycles. The zero-order valence-electron chi connectivity index (χ0n) is 41.9. The summed E-state index contributed by atoms with van der Waals surface area (Å²) in [5, 5.41) is 93.2. The molecule has 0 saturated carbocycles. The molecule has 29 heteroatoms. The molecule has 460 valence electrons. The van der Waals surface area contributed by atoms with Crippen LogP contribution in [0.3, 0.4) is 0 Å². The molecule has 3 unspecified atom stereocenters. The molecule has 12 N–H and O–H groups in total. The average Bonchev–Trinajstić information content (AvgIpc) is 3.24. The first-order valence-electron chi connectivity index (χ1n) is 18.5. The van der Waals surface area contributed by atoms with Crippen molar-refractivity contribution in [3.05, 3.63) is 72.9 Å². The van der Waals surface area contributed by atoms with Gasteiger partial charge >= 0.3 is 29.8 Å². The summed E-state index contributed by atoms with van der Waals surface area (Å²) in [5.41, 5.74) is 2.23. The second-order valence-electron chi connectivity index (χ2n) is 11.8. The molecule has 0 aliphatic carbocycles. The summed E-state index contributed by atoms with van der Waals surface area (Å²) in [6.45, 7) is 28.4. The van der Waals surface area contributed by atoms with E-state index in [1.165, 1.54) is 20.8 Å². The van der Waals surface area contributed by atoms with Crippen LogP contribution in [0.2, 0.25) is 0 Å². The minimum Gasteiger partial charge on any atom is -0.458 e. The van der Waals surface area contributed by atoms with Gasteiger partial charge in [-0.1, -0.05) is 111 Å². The Morgan fingerprint density at radius 1 is 0.359 bits per heavy atom. The third-order valence-corrected chi connectivity index (χ3v) is 5.36. The largest absolute Gasteiger partial charge is 0.458 e. The van der Waals surface area contributed by atoms with E-state index >= 15 is 0 Å². The molecule has 3 atom stereocenters. The zero-order chi connectivity index (χ0) is 52.4. The number of esters is 5. The quantitative estimate of drug-likeness (QED) is 0.0257. The van der Waals surface area contributed by atoms with Crippen LogP contribution in [-0.2, 0) is 249 Å². The summed E-state index contributed by atoms with van der Waals surface area (Å²) < 4.78 is 29.0. The van der Waals surface area contributed by atoms with Crippen LogP contribution in [0.1, 0.15) is 114 Å². The number of aliphatic hydroxyl groups excluding tert-OH is 9. The standard InChI is InChI=1S/C11H16O5.C11H18O4.C8H14O3.C7H12O4.3CH4O2.CH4O.8CH4.6Y/c1-7(2)10(13)15-6-9(5-12)16-11(14)8(3)4;1-8(2)6-14-7-10(5-12)15-11(13)9(3)4;1-4-7(5-9)11-8(10)6(2)3;1-5(2)7(10)11-6(3-8)4-9;3*2-1-3;1-2;;;;;;;;;;;;;;/h9,12H,1,3,5-6H2,2,4H3;10,12H,1,3,5-7H2,2,4H3;7,9H,2,4-5H2,1,3H3;6,8-9H,1,3-4H2,2H3;3*2-3H,1H2;2H,1H3;8*1H4;;;;;;. The number of hydrogen-bond acceptors (Lipinski definition) is 23. The Morgan fingerprint density at radius 2 is 0.551 bits per heavy atom. The van der Waals surface area contributed by atoms with Crippen molar-refractivity contribution in [2.45, 2.75) is 139 Å². The summed E-state index contributed by atoms with van der Waals surface area (Å²) in [5.74, 6) is -2.78.